The molecule has 2 heteroatoms. The maximum atomic E-state index is 2.69. The fourth-order valence-corrected chi connectivity index (χ4v) is 3.49. The molecule has 0 amide bonds. The van der Waals surface area contributed by atoms with Crippen LogP contribution in [0.2, 0.25) is 0 Å². The third kappa shape index (κ3) is 4.24. The molecule has 2 aliphatic rings. The second-order valence-corrected chi connectivity index (χ2v) is 6.89. The van der Waals surface area contributed by atoms with Gasteiger partial charge >= 0.3 is 0 Å². The summed E-state index contributed by atoms with van der Waals surface area (Å²) in [7, 11) is 0. The summed E-state index contributed by atoms with van der Waals surface area (Å²) in [5.41, 5.74) is 0. The molecule has 0 aromatic heterocycles. The lowest BCUT2D eigenvalue weighted by Gasteiger charge is -2.37. The summed E-state index contributed by atoms with van der Waals surface area (Å²) in [6, 6.07) is 0.729. The highest BCUT2D eigenvalue weighted by Crippen LogP contribution is 2.30. The molecule has 0 aromatic rings. The Kier molecular flexibility index (Phi) is 5.50. The fraction of sp³-hybridized carbons (Fsp3) is 1.00. The molecule has 0 bridgehead atoms. The smallest absolute Gasteiger partial charge is 0.0113 e. The molecule has 1 aliphatic heterocycles. The lowest BCUT2D eigenvalue weighted by Crippen LogP contribution is -2.49. The molecule has 1 heterocycles. The first-order valence-electron chi connectivity index (χ1n) is 8.11. The van der Waals surface area contributed by atoms with E-state index in [1.807, 2.05) is 0 Å². The van der Waals surface area contributed by atoms with Gasteiger partial charge in [-0.3, -0.25) is 4.90 Å². The lowest BCUT2D eigenvalue weighted by molar-refractivity contribution is 0.101. The largest absolute Gasteiger partial charge is 0.301 e. The molecule has 0 unspecified atom stereocenters. The second kappa shape index (κ2) is 6.91. The minimum Gasteiger partial charge on any atom is -0.301 e. The molecule has 1 aliphatic carbocycles. The van der Waals surface area contributed by atoms with Gasteiger partial charge in [-0.15, -0.1) is 0 Å². The molecule has 0 radical (unpaired) electrons. The summed E-state index contributed by atoms with van der Waals surface area (Å²) in [6.45, 7) is 13.5. The molecule has 2 rings (SSSR count). The van der Waals surface area contributed by atoms with E-state index in [0.717, 1.165) is 17.9 Å². The zero-order chi connectivity index (χ0) is 13.0. The van der Waals surface area contributed by atoms with Crippen molar-refractivity contribution in [2.24, 2.45) is 11.8 Å². The van der Waals surface area contributed by atoms with Crippen molar-refractivity contribution in [3.63, 3.8) is 0 Å². The lowest BCUT2D eigenvalue weighted by atomic mass is 9.81. The third-order valence-electron chi connectivity index (χ3n) is 5.13. The Labute approximate surface area is 114 Å². The molecule has 0 N–H and O–H groups in total. The molecule has 0 atom stereocenters. The molecule has 0 aromatic carbocycles. The molecule has 106 valence electrons. The average Bonchev–Trinajstić information content (AvgIpc) is 2.38. The zero-order valence-electron chi connectivity index (χ0n) is 12.7. The Bertz CT molecular complexity index is 223. The van der Waals surface area contributed by atoms with E-state index in [2.05, 4.69) is 30.6 Å². The van der Waals surface area contributed by atoms with E-state index in [4.69, 9.17) is 0 Å². The Morgan fingerprint density at radius 3 is 2.11 bits per heavy atom. The van der Waals surface area contributed by atoms with Gasteiger partial charge in [0, 0.05) is 32.2 Å². The monoisotopic (exact) mass is 252 g/mol. The molecule has 0 spiro atoms. The maximum Gasteiger partial charge on any atom is 0.0113 e. The summed E-state index contributed by atoms with van der Waals surface area (Å²) in [5, 5.41) is 0. The first-order valence-corrected chi connectivity index (χ1v) is 8.11. The molecule has 1 saturated heterocycles. The topological polar surface area (TPSA) is 6.48 Å². The van der Waals surface area contributed by atoms with Crippen LogP contribution in [-0.4, -0.2) is 48.6 Å². The van der Waals surface area contributed by atoms with Gasteiger partial charge in [0.2, 0.25) is 0 Å². The summed E-state index contributed by atoms with van der Waals surface area (Å²) < 4.78 is 0. The number of hydrogen-bond acceptors (Lipinski definition) is 2. The Morgan fingerprint density at radius 2 is 1.56 bits per heavy atom. The van der Waals surface area contributed by atoms with Gasteiger partial charge in [-0.25, -0.2) is 0 Å². The van der Waals surface area contributed by atoms with Crippen molar-refractivity contribution in [2.75, 3.05) is 32.7 Å². The van der Waals surface area contributed by atoms with E-state index in [1.54, 1.807) is 0 Å². The zero-order valence-corrected chi connectivity index (χ0v) is 12.7. The van der Waals surface area contributed by atoms with Gasteiger partial charge in [0.05, 0.1) is 0 Å². The van der Waals surface area contributed by atoms with Crippen molar-refractivity contribution in [3.8, 4) is 0 Å². The predicted octanol–water partition coefficient (Wildman–Crippen LogP) is 3.23. The van der Waals surface area contributed by atoms with Crippen molar-refractivity contribution < 1.29 is 0 Å². The van der Waals surface area contributed by atoms with Crippen LogP contribution in [0.25, 0.3) is 0 Å². The molecule has 2 fully saturated rings. The Hall–Kier alpha value is -0.0800. The number of hydrogen-bond donors (Lipinski definition) is 0. The van der Waals surface area contributed by atoms with Crippen LogP contribution < -0.4 is 0 Å². The van der Waals surface area contributed by atoms with E-state index in [-0.39, 0.29) is 0 Å². The number of nitrogens with zero attached hydrogens (tertiary/aromatic N) is 2. The minimum atomic E-state index is 0.729. The fourth-order valence-electron chi connectivity index (χ4n) is 3.49. The van der Waals surface area contributed by atoms with Crippen molar-refractivity contribution in [1.29, 1.82) is 0 Å². The van der Waals surface area contributed by atoms with Crippen molar-refractivity contribution >= 4 is 0 Å². The standard InChI is InChI=1S/C16H32N2/c1-14(2)18-12-10-17(11-13-18)9-8-16-6-4-15(3)5-7-16/h14-16H,4-13H2,1-3H3. The van der Waals surface area contributed by atoms with Crippen LogP contribution in [0, 0.1) is 11.8 Å². The molecule has 1 saturated carbocycles. The highest BCUT2D eigenvalue weighted by atomic mass is 15.3. The maximum absolute atomic E-state index is 2.69. The normalized spacial score (nSPS) is 32.0. The van der Waals surface area contributed by atoms with Crippen LogP contribution in [0.3, 0.4) is 0 Å². The summed E-state index contributed by atoms with van der Waals surface area (Å²) in [4.78, 5) is 5.30. The van der Waals surface area contributed by atoms with Crippen LogP contribution in [-0.2, 0) is 0 Å². The van der Waals surface area contributed by atoms with Crippen molar-refractivity contribution in [1.82, 2.24) is 9.80 Å². The van der Waals surface area contributed by atoms with Gasteiger partial charge in [0.1, 0.15) is 0 Å². The van der Waals surface area contributed by atoms with Gasteiger partial charge in [-0.1, -0.05) is 32.6 Å². The molecular formula is C16H32N2. The van der Waals surface area contributed by atoms with Crippen LogP contribution in [0.15, 0.2) is 0 Å². The highest BCUT2D eigenvalue weighted by molar-refractivity contribution is 4.76. The highest BCUT2D eigenvalue weighted by Gasteiger charge is 2.21. The van der Waals surface area contributed by atoms with Gasteiger partial charge in [0.15, 0.2) is 0 Å². The minimum absolute atomic E-state index is 0.729. The van der Waals surface area contributed by atoms with E-state index in [9.17, 15) is 0 Å². The number of piperazine rings is 1. The van der Waals surface area contributed by atoms with Crippen LogP contribution >= 0.6 is 0 Å². The average molecular weight is 252 g/mol. The van der Waals surface area contributed by atoms with Crippen LogP contribution in [0.1, 0.15) is 52.9 Å². The van der Waals surface area contributed by atoms with Gasteiger partial charge in [-0.2, -0.15) is 0 Å². The van der Waals surface area contributed by atoms with Gasteiger partial charge < -0.3 is 4.90 Å². The first-order chi connectivity index (χ1) is 8.65. The van der Waals surface area contributed by atoms with E-state index in [0.29, 0.717) is 0 Å². The van der Waals surface area contributed by atoms with Crippen molar-refractivity contribution in [2.45, 2.75) is 58.9 Å². The molecular weight excluding hydrogens is 220 g/mol. The Balaban J connectivity index is 1.60. The summed E-state index contributed by atoms with van der Waals surface area (Å²) >= 11 is 0. The summed E-state index contributed by atoms with van der Waals surface area (Å²) in [5.74, 6) is 2.03. The molecule has 18 heavy (non-hydrogen) atoms. The third-order valence-corrected chi connectivity index (χ3v) is 5.13. The summed E-state index contributed by atoms with van der Waals surface area (Å²) in [6.07, 6.45) is 7.40. The second-order valence-electron chi connectivity index (χ2n) is 6.89. The van der Waals surface area contributed by atoms with E-state index in [1.165, 1.54) is 64.8 Å². The SMILES string of the molecule is CC1CCC(CCN2CCN(C(C)C)CC2)CC1. The van der Waals surface area contributed by atoms with Crippen LogP contribution in [0.5, 0.6) is 0 Å². The Morgan fingerprint density at radius 1 is 0.944 bits per heavy atom. The number of rotatable bonds is 4. The van der Waals surface area contributed by atoms with E-state index < -0.39 is 0 Å². The van der Waals surface area contributed by atoms with Crippen LogP contribution in [0.4, 0.5) is 0 Å². The quantitative estimate of drug-likeness (QED) is 0.758. The van der Waals surface area contributed by atoms with Gasteiger partial charge in [-0.05, 0) is 38.6 Å². The predicted molar refractivity (Wildman–Crippen MR) is 78.9 cm³/mol. The molecule has 2 nitrogen and oxygen atoms in total. The van der Waals surface area contributed by atoms with Gasteiger partial charge in [0.25, 0.3) is 0 Å². The first kappa shape index (κ1) is 14.3. The van der Waals surface area contributed by atoms with Crippen molar-refractivity contribution in [3.05, 3.63) is 0 Å². The van der Waals surface area contributed by atoms with E-state index >= 15 is 0 Å².